The third kappa shape index (κ3) is 3.71. The predicted molar refractivity (Wildman–Crippen MR) is 129 cm³/mol. The van der Waals surface area contributed by atoms with E-state index in [1.54, 1.807) is 0 Å². The van der Waals surface area contributed by atoms with Crippen molar-refractivity contribution in [2.45, 2.75) is 109 Å². The number of ketones is 1. The van der Waals surface area contributed by atoms with Gasteiger partial charge in [0.1, 0.15) is 36.3 Å². The second kappa shape index (κ2) is 8.96. The van der Waals surface area contributed by atoms with E-state index in [1.165, 1.54) is 0 Å². The largest absolute Gasteiger partial charge is 0.462 e. The number of ether oxygens (including phenoxy) is 3. The first-order chi connectivity index (χ1) is 17.5. The number of aliphatic hydroxyl groups is 4. The van der Waals surface area contributed by atoms with Crippen molar-refractivity contribution in [1.82, 2.24) is 0 Å². The number of Topliss-reactive ketones (excluding diaryl/α,β-unsaturated/α-hetero) is 1. The van der Waals surface area contributed by atoms with Gasteiger partial charge >= 0.3 is 5.97 Å². The molecule has 4 aliphatic carbocycles. The van der Waals surface area contributed by atoms with Gasteiger partial charge in [0.15, 0.2) is 6.29 Å². The van der Waals surface area contributed by atoms with E-state index in [9.17, 15) is 30.0 Å². The first-order valence-corrected chi connectivity index (χ1v) is 14.2. The molecule has 0 spiro atoms. The Bertz CT molecular complexity index is 939. The van der Waals surface area contributed by atoms with Crippen LogP contribution in [0.4, 0.5) is 0 Å². The molecule has 37 heavy (non-hydrogen) atoms. The summed E-state index contributed by atoms with van der Waals surface area (Å²) in [6, 6.07) is 0. The first-order valence-electron chi connectivity index (χ1n) is 14.2. The van der Waals surface area contributed by atoms with Crippen LogP contribution in [0, 0.1) is 46.3 Å². The van der Waals surface area contributed by atoms with E-state index < -0.39 is 37.3 Å². The highest BCUT2D eigenvalue weighted by Crippen LogP contribution is 2.69. The lowest BCUT2D eigenvalue weighted by Crippen LogP contribution is -2.61. The molecule has 9 heteroatoms. The maximum atomic E-state index is 13.7. The van der Waals surface area contributed by atoms with Crippen molar-refractivity contribution >= 4 is 11.8 Å². The molecule has 6 fully saturated rings. The zero-order chi connectivity index (χ0) is 26.4. The van der Waals surface area contributed by atoms with E-state index >= 15 is 0 Å². The number of fused-ring (bicyclic) bond motifs is 7. The van der Waals surface area contributed by atoms with Crippen LogP contribution >= 0.6 is 0 Å². The molecule has 0 bridgehead atoms. The number of carbonyl (C=O) groups is 2. The van der Waals surface area contributed by atoms with Gasteiger partial charge in [-0.3, -0.25) is 9.59 Å². The zero-order valence-electron chi connectivity index (χ0n) is 22.0. The van der Waals surface area contributed by atoms with Gasteiger partial charge in [-0.15, -0.1) is 0 Å². The van der Waals surface area contributed by atoms with Crippen LogP contribution in [-0.2, 0) is 23.8 Å². The Labute approximate surface area is 217 Å². The van der Waals surface area contributed by atoms with Gasteiger partial charge in [-0.05, 0) is 67.1 Å². The number of rotatable bonds is 3. The minimum absolute atomic E-state index is 0.0143. The predicted octanol–water partition coefficient (Wildman–Crippen LogP) is 1.18. The van der Waals surface area contributed by atoms with E-state index in [-0.39, 0.29) is 52.5 Å². The van der Waals surface area contributed by atoms with Crippen molar-refractivity contribution in [3.05, 3.63) is 0 Å². The van der Waals surface area contributed by atoms with Crippen LogP contribution < -0.4 is 0 Å². The van der Waals surface area contributed by atoms with Gasteiger partial charge < -0.3 is 34.6 Å². The fraction of sp³-hybridized carbons (Fsp3) is 0.929. The SMILES string of the molecule is C[C@@H]1C(=O)O[C@H]2C[C@H]3[C@@H]4CC(=O)[C@H]5C[C@@H](O[C@@H]6O[C@H](CO)[C@@H](O)[C@H](O)[C@H]6O)CC[C@]5(C)[C@H]4CC[C@]3(C)[C@H]21. The highest BCUT2D eigenvalue weighted by atomic mass is 16.7. The molecular weight excluding hydrogens is 480 g/mol. The van der Waals surface area contributed by atoms with Gasteiger partial charge in [-0.2, -0.15) is 0 Å². The number of carbonyl (C=O) groups excluding carboxylic acids is 2. The van der Waals surface area contributed by atoms with E-state index in [2.05, 4.69) is 13.8 Å². The van der Waals surface area contributed by atoms with E-state index in [4.69, 9.17) is 14.2 Å². The molecule has 15 atom stereocenters. The Morgan fingerprint density at radius 1 is 0.973 bits per heavy atom. The number of hydrogen-bond acceptors (Lipinski definition) is 9. The average Bonchev–Trinajstić information content (AvgIpc) is 3.32. The molecule has 2 aliphatic heterocycles. The summed E-state index contributed by atoms with van der Waals surface area (Å²) in [5.74, 6) is 1.38. The van der Waals surface area contributed by atoms with Gasteiger partial charge in [0.05, 0.1) is 18.6 Å². The lowest BCUT2D eigenvalue weighted by atomic mass is 9.44. The lowest BCUT2D eigenvalue weighted by Gasteiger charge is -2.60. The van der Waals surface area contributed by atoms with Gasteiger partial charge in [-0.1, -0.05) is 20.8 Å². The molecule has 2 heterocycles. The van der Waals surface area contributed by atoms with Crippen LogP contribution in [0.5, 0.6) is 0 Å². The van der Waals surface area contributed by atoms with Crippen LogP contribution in [0.15, 0.2) is 0 Å². The molecule has 6 aliphatic rings. The van der Waals surface area contributed by atoms with Gasteiger partial charge in [0.25, 0.3) is 0 Å². The molecule has 9 nitrogen and oxygen atoms in total. The molecule has 208 valence electrons. The summed E-state index contributed by atoms with van der Waals surface area (Å²) >= 11 is 0. The Hall–Kier alpha value is -1.10. The lowest BCUT2D eigenvalue weighted by molar-refractivity contribution is -0.315. The standard InChI is InChI=1S/C28H42O9/c1-12-21-19(36-25(12)34)10-16-14-9-18(30)17-8-13(4-6-27(17,2)15(14)5-7-28(16,21)3)35-26-24(33)23(32)22(31)20(11-29)37-26/h12-17,19-24,26,29,31-33H,4-11H2,1-3H3/t12-,13-,14+,15-,16-,17+,19-,20+,21-,22+,23-,24+,26+,27+,28-/m0/s1. The topological polar surface area (TPSA) is 143 Å². The van der Waals surface area contributed by atoms with Crippen molar-refractivity contribution in [1.29, 1.82) is 0 Å². The third-order valence-electron chi connectivity index (χ3n) is 11.8. The fourth-order valence-electron chi connectivity index (χ4n) is 9.94. The molecule has 4 saturated carbocycles. The smallest absolute Gasteiger partial charge is 0.309 e. The quantitative estimate of drug-likeness (QED) is 0.317. The third-order valence-corrected chi connectivity index (χ3v) is 11.8. The van der Waals surface area contributed by atoms with Crippen LogP contribution in [0.2, 0.25) is 0 Å². The molecule has 0 unspecified atom stereocenters. The van der Waals surface area contributed by atoms with Gasteiger partial charge in [0.2, 0.25) is 0 Å². The van der Waals surface area contributed by atoms with Gasteiger partial charge in [0, 0.05) is 18.3 Å². The number of esters is 1. The first kappa shape index (κ1) is 26.1. The summed E-state index contributed by atoms with van der Waals surface area (Å²) in [4.78, 5) is 26.0. The summed E-state index contributed by atoms with van der Waals surface area (Å²) < 4.78 is 17.4. The van der Waals surface area contributed by atoms with Crippen molar-refractivity contribution in [2.24, 2.45) is 46.3 Å². The summed E-state index contributed by atoms with van der Waals surface area (Å²) in [5, 5.41) is 40.1. The normalized spacial score (nSPS) is 57.2. The van der Waals surface area contributed by atoms with E-state index in [1.807, 2.05) is 6.92 Å². The summed E-state index contributed by atoms with van der Waals surface area (Å²) in [5.41, 5.74) is -0.0964. The Morgan fingerprint density at radius 3 is 2.43 bits per heavy atom. The zero-order valence-corrected chi connectivity index (χ0v) is 22.0. The molecule has 0 radical (unpaired) electrons. The maximum Gasteiger partial charge on any atom is 0.309 e. The summed E-state index contributed by atoms with van der Waals surface area (Å²) in [7, 11) is 0. The van der Waals surface area contributed by atoms with Crippen molar-refractivity contribution in [3.8, 4) is 0 Å². The molecule has 4 N–H and O–H groups in total. The Balaban J connectivity index is 1.17. The highest BCUT2D eigenvalue weighted by molar-refractivity contribution is 5.83. The minimum atomic E-state index is -1.48. The monoisotopic (exact) mass is 522 g/mol. The molecule has 0 aromatic carbocycles. The Kier molecular flexibility index (Phi) is 6.33. The molecule has 0 amide bonds. The van der Waals surface area contributed by atoms with Crippen molar-refractivity contribution in [2.75, 3.05) is 6.61 Å². The summed E-state index contributed by atoms with van der Waals surface area (Å²) in [6.45, 7) is 6.11. The molecular formula is C28H42O9. The molecule has 6 rings (SSSR count). The van der Waals surface area contributed by atoms with Crippen LogP contribution in [0.3, 0.4) is 0 Å². The van der Waals surface area contributed by atoms with Crippen molar-refractivity contribution < 1.29 is 44.2 Å². The molecule has 0 aromatic heterocycles. The number of hydrogen-bond donors (Lipinski definition) is 4. The summed E-state index contributed by atoms with van der Waals surface area (Å²) in [6.07, 6.45) is -1.25. The maximum absolute atomic E-state index is 13.7. The number of aliphatic hydroxyl groups excluding tert-OH is 4. The second-order valence-corrected chi connectivity index (χ2v) is 13.4. The van der Waals surface area contributed by atoms with Crippen molar-refractivity contribution in [3.63, 3.8) is 0 Å². The van der Waals surface area contributed by atoms with E-state index in [0.717, 1.165) is 25.7 Å². The average molecular weight is 523 g/mol. The van der Waals surface area contributed by atoms with Crippen LogP contribution in [-0.4, -0.2) is 81.7 Å². The Morgan fingerprint density at radius 2 is 1.70 bits per heavy atom. The fourth-order valence-corrected chi connectivity index (χ4v) is 9.94. The van der Waals surface area contributed by atoms with Crippen LogP contribution in [0.25, 0.3) is 0 Å². The second-order valence-electron chi connectivity index (χ2n) is 13.4. The van der Waals surface area contributed by atoms with Crippen LogP contribution in [0.1, 0.15) is 65.7 Å². The molecule has 2 saturated heterocycles. The van der Waals surface area contributed by atoms with E-state index in [0.29, 0.717) is 37.0 Å². The minimum Gasteiger partial charge on any atom is -0.462 e. The highest BCUT2D eigenvalue weighted by Gasteiger charge is 2.67. The van der Waals surface area contributed by atoms with Gasteiger partial charge in [-0.25, -0.2) is 0 Å². The molecule has 0 aromatic rings.